The molecule has 0 bridgehead atoms. The van der Waals surface area contributed by atoms with E-state index in [1.807, 2.05) is 20.8 Å². The van der Waals surface area contributed by atoms with E-state index in [4.69, 9.17) is 15.6 Å². The molecule has 0 aromatic heterocycles. The zero-order valence-electron chi connectivity index (χ0n) is 12.7. The number of hydrogen-bond donors (Lipinski definition) is 2. The van der Waals surface area contributed by atoms with Crippen LogP contribution in [0.1, 0.15) is 34.1 Å². The molecule has 0 atom stereocenters. The molecule has 0 aromatic carbocycles. The van der Waals surface area contributed by atoms with Crippen LogP contribution in [-0.4, -0.2) is 30.2 Å². The number of ether oxygens (including phenoxy) is 1. The van der Waals surface area contributed by atoms with E-state index in [1.165, 1.54) is 0 Å². The molecule has 0 aromatic rings. The number of carbonyl (C=O) groups excluding carboxylic acids is 1. The van der Waals surface area contributed by atoms with Crippen molar-refractivity contribution in [1.82, 2.24) is 0 Å². The molecular formula is C14H26ClNO4. The maximum absolute atomic E-state index is 11.2. The van der Waals surface area contributed by atoms with Crippen molar-refractivity contribution in [2.75, 3.05) is 13.2 Å². The van der Waals surface area contributed by atoms with Crippen molar-refractivity contribution in [2.24, 2.45) is 11.1 Å². The predicted molar refractivity (Wildman–Crippen MR) is 82.9 cm³/mol. The lowest BCUT2D eigenvalue weighted by atomic mass is 9.88. The number of aliphatic carboxylic acids is 1. The smallest absolute Gasteiger partial charge is 0.333 e. The van der Waals surface area contributed by atoms with Crippen molar-refractivity contribution in [1.29, 1.82) is 0 Å². The Kier molecular flexibility index (Phi) is 13.6. The van der Waals surface area contributed by atoms with Crippen LogP contribution in [0.3, 0.4) is 0 Å². The van der Waals surface area contributed by atoms with Gasteiger partial charge in [-0.2, -0.15) is 0 Å². The maximum Gasteiger partial charge on any atom is 0.333 e. The summed E-state index contributed by atoms with van der Waals surface area (Å²) in [5.41, 5.74) is 5.69. The van der Waals surface area contributed by atoms with E-state index in [0.29, 0.717) is 18.5 Å². The summed E-state index contributed by atoms with van der Waals surface area (Å²) in [5.74, 6) is -1.25. The minimum Gasteiger partial charge on any atom is -0.478 e. The van der Waals surface area contributed by atoms with Crippen LogP contribution >= 0.6 is 12.4 Å². The summed E-state index contributed by atoms with van der Waals surface area (Å²) in [5, 5.41) is 8.08. The van der Waals surface area contributed by atoms with Gasteiger partial charge in [-0.05, 0) is 11.8 Å². The number of halogens is 1. The van der Waals surface area contributed by atoms with Crippen LogP contribution in [0.5, 0.6) is 0 Å². The molecule has 6 heteroatoms. The predicted octanol–water partition coefficient (Wildman–Crippen LogP) is 2.55. The molecule has 0 saturated carbocycles. The molecule has 5 nitrogen and oxygen atoms in total. The van der Waals surface area contributed by atoms with Gasteiger partial charge in [0, 0.05) is 17.7 Å². The lowest BCUT2D eigenvalue weighted by molar-refractivity contribution is -0.139. The third kappa shape index (κ3) is 11.7. The Morgan fingerprint density at radius 2 is 1.70 bits per heavy atom. The highest BCUT2D eigenvalue weighted by Crippen LogP contribution is 2.24. The third-order valence-electron chi connectivity index (χ3n) is 2.23. The molecule has 0 aliphatic heterocycles. The molecule has 0 rings (SSSR count). The van der Waals surface area contributed by atoms with E-state index in [-0.39, 0.29) is 36.0 Å². The first-order valence-electron chi connectivity index (χ1n) is 6.05. The molecule has 0 amide bonds. The van der Waals surface area contributed by atoms with Gasteiger partial charge in [-0.1, -0.05) is 40.9 Å². The van der Waals surface area contributed by atoms with Crippen LogP contribution in [0.4, 0.5) is 0 Å². The average Bonchev–Trinajstić information content (AvgIpc) is 2.33. The molecule has 0 saturated heterocycles. The number of rotatable bonds is 5. The fourth-order valence-electron chi connectivity index (χ4n) is 0.696. The van der Waals surface area contributed by atoms with Gasteiger partial charge in [0.25, 0.3) is 0 Å². The number of nitrogens with two attached hydrogens (primary N) is 1. The Morgan fingerprint density at radius 3 is 1.90 bits per heavy atom. The molecule has 20 heavy (non-hydrogen) atoms. The van der Waals surface area contributed by atoms with E-state index >= 15 is 0 Å². The SMILES string of the molecule is C=C(C(=O)OCCN)C(C)(C)C.C=C(CC)C(=O)O.Cl. The van der Waals surface area contributed by atoms with Gasteiger partial charge >= 0.3 is 11.9 Å². The number of carbonyl (C=O) groups is 2. The second kappa shape index (κ2) is 11.5. The van der Waals surface area contributed by atoms with Crippen molar-refractivity contribution in [3.8, 4) is 0 Å². The maximum atomic E-state index is 11.2. The quantitative estimate of drug-likeness (QED) is 0.602. The van der Waals surface area contributed by atoms with E-state index in [1.54, 1.807) is 6.92 Å². The Hall–Kier alpha value is -1.33. The summed E-state index contributed by atoms with van der Waals surface area (Å²) in [4.78, 5) is 21.0. The molecule has 3 N–H and O–H groups in total. The number of hydrogen-bond acceptors (Lipinski definition) is 4. The molecule has 0 spiro atoms. The van der Waals surface area contributed by atoms with E-state index in [2.05, 4.69) is 13.2 Å². The van der Waals surface area contributed by atoms with Crippen molar-refractivity contribution in [2.45, 2.75) is 34.1 Å². The van der Waals surface area contributed by atoms with Gasteiger partial charge in [0.2, 0.25) is 0 Å². The van der Waals surface area contributed by atoms with Crippen molar-refractivity contribution >= 4 is 24.3 Å². The summed E-state index contributed by atoms with van der Waals surface area (Å²) >= 11 is 0. The van der Waals surface area contributed by atoms with Gasteiger partial charge in [0.05, 0.1) is 0 Å². The zero-order chi connectivity index (χ0) is 15.6. The molecule has 0 radical (unpaired) electrons. The average molecular weight is 308 g/mol. The second-order valence-electron chi connectivity index (χ2n) is 4.92. The Balaban J connectivity index is -0.000000312. The molecule has 0 aliphatic rings. The molecule has 0 fully saturated rings. The van der Waals surface area contributed by atoms with Crippen LogP contribution < -0.4 is 5.73 Å². The standard InChI is InChI=1S/C9H17NO2.C5H8O2.ClH/c1-7(9(2,3)4)8(11)12-6-5-10;1-3-4(2)5(6)7;/h1,5-6,10H2,2-4H3;2-3H2,1H3,(H,6,7);1H. The third-order valence-corrected chi connectivity index (χ3v) is 2.23. The summed E-state index contributed by atoms with van der Waals surface area (Å²) < 4.78 is 4.82. The van der Waals surface area contributed by atoms with E-state index < -0.39 is 5.97 Å². The highest BCUT2D eigenvalue weighted by atomic mass is 35.5. The number of esters is 1. The van der Waals surface area contributed by atoms with Crippen molar-refractivity contribution < 1.29 is 19.4 Å². The monoisotopic (exact) mass is 307 g/mol. The van der Waals surface area contributed by atoms with Crippen LogP contribution in [0.25, 0.3) is 0 Å². The fourth-order valence-corrected chi connectivity index (χ4v) is 0.696. The van der Waals surface area contributed by atoms with Crippen LogP contribution in [-0.2, 0) is 14.3 Å². The van der Waals surface area contributed by atoms with Gasteiger partial charge in [-0.15, -0.1) is 12.4 Å². The Bertz CT molecular complexity index is 346. The van der Waals surface area contributed by atoms with Gasteiger partial charge in [0.1, 0.15) is 6.61 Å². The first kappa shape index (κ1) is 23.7. The van der Waals surface area contributed by atoms with Gasteiger partial charge in [-0.25, -0.2) is 9.59 Å². The van der Waals surface area contributed by atoms with Crippen LogP contribution in [0.15, 0.2) is 24.3 Å². The van der Waals surface area contributed by atoms with Crippen molar-refractivity contribution in [3.63, 3.8) is 0 Å². The summed E-state index contributed by atoms with van der Waals surface area (Å²) in [6.45, 7) is 15.1. The largest absolute Gasteiger partial charge is 0.478 e. The first-order valence-corrected chi connectivity index (χ1v) is 6.05. The second-order valence-corrected chi connectivity index (χ2v) is 4.92. The molecule has 118 valence electrons. The Labute approximate surface area is 127 Å². The van der Waals surface area contributed by atoms with E-state index in [0.717, 1.165) is 0 Å². The molecule has 0 heterocycles. The summed E-state index contributed by atoms with van der Waals surface area (Å²) in [6.07, 6.45) is 0.523. The number of carboxylic acid groups (broad SMARTS) is 1. The lowest BCUT2D eigenvalue weighted by Gasteiger charge is -2.19. The number of carboxylic acids is 1. The van der Waals surface area contributed by atoms with Crippen LogP contribution in [0, 0.1) is 5.41 Å². The molecule has 0 unspecified atom stereocenters. The fraction of sp³-hybridized carbons (Fsp3) is 0.571. The highest BCUT2D eigenvalue weighted by molar-refractivity contribution is 5.89. The zero-order valence-corrected chi connectivity index (χ0v) is 13.5. The van der Waals surface area contributed by atoms with Crippen LogP contribution in [0.2, 0.25) is 0 Å². The van der Waals surface area contributed by atoms with Gasteiger partial charge in [0.15, 0.2) is 0 Å². The molecular weight excluding hydrogens is 282 g/mol. The van der Waals surface area contributed by atoms with Gasteiger partial charge < -0.3 is 15.6 Å². The minimum atomic E-state index is -0.900. The summed E-state index contributed by atoms with van der Waals surface area (Å²) in [7, 11) is 0. The lowest BCUT2D eigenvalue weighted by Crippen LogP contribution is -2.21. The first-order chi connectivity index (χ1) is 8.57. The normalized spacial score (nSPS) is 9.45. The Morgan fingerprint density at radius 1 is 1.25 bits per heavy atom. The highest BCUT2D eigenvalue weighted by Gasteiger charge is 2.22. The van der Waals surface area contributed by atoms with Gasteiger partial charge in [-0.3, -0.25) is 0 Å². The van der Waals surface area contributed by atoms with E-state index in [9.17, 15) is 9.59 Å². The topological polar surface area (TPSA) is 89.6 Å². The molecule has 0 aliphatic carbocycles. The summed E-state index contributed by atoms with van der Waals surface area (Å²) in [6, 6.07) is 0. The minimum absolute atomic E-state index is 0. The van der Waals surface area contributed by atoms with Crippen molar-refractivity contribution in [3.05, 3.63) is 24.3 Å².